The number of carbonyl (C=O) groups is 1. The maximum absolute atomic E-state index is 12.9. The molecule has 0 aliphatic carbocycles. The summed E-state index contributed by atoms with van der Waals surface area (Å²) in [7, 11) is 0. The molecule has 0 atom stereocenters. The zero-order valence-electron chi connectivity index (χ0n) is 7.98. The fraction of sp³-hybridized carbons (Fsp3) is 0. The summed E-state index contributed by atoms with van der Waals surface area (Å²) in [6.07, 6.45) is 0. The third-order valence-corrected chi connectivity index (χ3v) is 2.55. The zero-order valence-corrected chi connectivity index (χ0v) is 8.79. The first-order chi connectivity index (χ1) is 7.70. The van der Waals surface area contributed by atoms with Crippen molar-refractivity contribution in [2.75, 3.05) is 0 Å². The Morgan fingerprint density at radius 2 is 2.31 bits per heavy atom. The number of nitrogens with one attached hydrogen (secondary N) is 1. The van der Waals surface area contributed by atoms with Gasteiger partial charge in [-0.05, 0) is 23.7 Å². The van der Waals surface area contributed by atoms with Crippen molar-refractivity contribution < 1.29 is 9.18 Å². The van der Waals surface area contributed by atoms with Gasteiger partial charge in [0, 0.05) is 5.56 Å². The molecular formula is C9H7FN4OS. The van der Waals surface area contributed by atoms with E-state index >= 15 is 0 Å². The zero-order chi connectivity index (χ0) is 11.5. The van der Waals surface area contributed by atoms with Gasteiger partial charge in [0.2, 0.25) is 5.01 Å². The molecule has 1 heterocycles. The topological polar surface area (TPSA) is 80.9 Å². The number of amides is 1. The Hall–Kier alpha value is -1.86. The van der Waals surface area contributed by atoms with Crippen molar-refractivity contribution in [2.45, 2.75) is 0 Å². The van der Waals surface area contributed by atoms with Gasteiger partial charge in [0.25, 0.3) is 5.91 Å². The molecule has 1 amide bonds. The largest absolute Gasteiger partial charge is 0.295 e. The molecule has 0 saturated carbocycles. The van der Waals surface area contributed by atoms with Gasteiger partial charge in [-0.2, -0.15) is 4.37 Å². The molecule has 0 fully saturated rings. The molecule has 82 valence electrons. The molecule has 0 radical (unpaired) electrons. The normalized spacial score (nSPS) is 10.1. The van der Waals surface area contributed by atoms with Crippen LogP contribution in [0, 0.1) is 5.82 Å². The van der Waals surface area contributed by atoms with E-state index in [0.29, 0.717) is 11.4 Å². The minimum Gasteiger partial charge on any atom is -0.288 e. The number of hydrogen-bond acceptors (Lipinski definition) is 5. The third kappa shape index (κ3) is 2.05. The highest BCUT2D eigenvalue weighted by Crippen LogP contribution is 2.18. The standard InChI is InChI=1S/C9H7FN4OS/c10-6-3-1-2-5(4-6)7-12-9(16-14-7)8(15)13-11/h1-4H,11H2,(H,13,15). The van der Waals surface area contributed by atoms with E-state index in [-0.39, 0.29) is 10.8 Å². The van der Waals surface area contributed by atoms with E-state index in [4.69, 9.17) is 5.84 Å². The van der Waals surface area contributed by atoms with Gasteiger partial charge in [-0.3, -0.25) is 10.2 Å². The maximum Gasteiger partial charge on any atom is 0.295 e. The van der Waals surface area contributed by atoms with E-state index in [1.54, 1.807) is 12.1 Å². The first kappa shape index (κ1) is 10.7. The molecule has 0 spiro atoms. The molecule has 0 aliphatic rings. The predicted molar refractivity (Wildman–Crippen MR) is 57.0 cm³/mol. The SMILES string of the molecule is NNC(=O)c1nc(-c2cccc(F)c2)ns1. The molecule has 0 bridgehead atoms. The van der Waals surface area contributed by atoms with Gasteiger partial charge in [-0.15, -0.1) is 0 Å². The first-order valence-electron chi connectivity index (χ1n) is 4.31. The van der Waals surface area contributed by atoms with Crippen LogP contribution < -0.4 is 11.3 Å². The number of nitrogens with two attached hydrogens (primary N) is 1. The molecule has 16 heavy (non-hydrogen) atoms. The number of carbonyl (C=O) groups excluding carboxylic acids is 1. The Balaban J connectivity index is 2.35. The van der Waals surface area contributed by atoms with Gasteiger partial charge in [0.15, 0.2) is 5.82 Å². The van der Waals surface area contributed by atoms with Crippen molar-refractivity contribution >= 4 is 17.4 Å². The van der Waals surface area contributed by atoms with Crippen molar-refractivity contribution in [1.82, 2.24) is 14.8 Å². The van der Waals surface area contributed by atoms with Crippen LogP contribution in [0.4, 0.5) is 4.39 Å². The Labute approximate surface area is 94.3 Å². The van der Waals surface area contributed by atoms with E-state index in [1.807, 2.05) is 5.43 Å². The number of nitrogens with zero attached hydrogens (tertiary/aromatic N) is 2. The monoisotopic (exact) mass is 238 g/mol. The number of hydrogen-bond donors (Lipinski definition) is 2. The summed E-state index contributed by atoms with van der Waals surface area (Å²) in [5.74, 6) is 4.37. The van der Waals surface area contributed by atoms with Gasteiger partial charge in [0.1, 0.15) is 5.82 Å². The molecule has 3 N–H and O–H groups in total. The molecule has 0 aliphatic heterocycles. The lowest BCUT2D eigenvalue weighted by molar-refractivity contribution is 0.0953. The van der Waals surface area contributed by atoms with E-state index in [1.165, 1.54) is 12.1 Å². The number of benzene rings is 1. The quantitative estimate of drug-likeness (QED) is 0.463. The van der Waals surface area contributed by atoms with Crippen molar-refractivity contribution in [3.63, 3.8) is 0 Å². The second-order valence-electron chi connectivity index (χ2n) is 2.91. The first-order valence-corrected chi connectivity index (χ1v) is 5.08. The Morgan fingerprint density at radius 3 is 3.00 bits per heavy atom. The number of halogens is 1. The lowest BCUT2D eigenvalue weighted by Gasteiger charge is -1.94. The molecule has 2 aromatic rings. The van der Waals surface area contributed by atoms with Gasteiger partial charge in [-0.1, -0.05) is 12.1 Å². The number of nitrogen functional groups attached to an aromatic ring is 1. The van der Waals surface area contributed by atoms with E-state index in [0.717, 1.165) is 11.5 Å². The third-order valence-electron chi connectivity index (χ3n) is 1.83. The van der Waals surface area contributed by atoms with Gasteiger partial charge >= 0.3 is 0 Å². The van der Waals surface area contributed by atoms with Crippen LogP contribution in [0.1, 0.15) is 9.80 Å². The predicted octanol–water partition coefficient (Wildman–Crippen LogP) is 0.948. The Bertz CT molecular complexity index is 528. The summed E-state index contributed by atoms with van der Waals surface area (Å²) in [6.45, 7) is 0. The summed E-state index contributed by atoms with van der Waals surface area (Å²) in [4.78, 5) is 15.1. The Kier molecular flexibility index (Phi) is 2.88. The fourth-order valence-corrected chi connectivity index (χ4v) is 1.71. The molecule has 2 rings (SSSR count). The van der Waals surface area contributed by atoms with Gasteiger partial charge < -0.3 is 0 Å². The maximum atomic E-state index is 12.9. The van der Waals surface area contributed by atoms with Crippen LogP contribution in [0.3, 0.4) is 0 Å². The van der Waals surface area contributed by atoms with E-state index in [9.17, 15) is 9.18 Å². The van der Waals surface area contributed by atoms with E-state index < -0.39 is 5.91 Å². The van der Waals surface area contributed by atoms with Gasteiger partial charge in [-0.25, -0.2) is 15.2 Å². The minimum absolute atomic E-state index is 0.141. The number of hydrazine groups is 1. The molecular weight excluding hydrogens is 231 g/mol. The van der Waals surface area contributed by atoms with Crippen LogP contribution in [0.25, 0.3) is 11.4 Å². The molecule has 1 aromatic heterocycles. The molecule has 1 aromatic carbocycles. The molecule has 0 unspecified atom stereocenters. The van der Waals surface area contributed by atoms with Crippen LogP contribution in [-0.4, -0.2) is 15.3 Å². The summed E-state index contributed by atoms with van der Waals surface area (Å²) < 4.78 is 16.9. The van der Waals surface area contributed by atoms with Crippen LogP contribution in [0.15, 0.2) is 24.3 Å². The number of rotatable bonds is 2. The average Bonchev–Trinajstić information content (AvgIpc) is 2.77. The summed E-state index contributed by atoms with van der Waals surface area (Å²) >= 11 is 0.907. The second-order valence-corrected chi connectivity index (χ2v) is 3.66. The van der Waals surface area contributed by atoms with Gasteiger partial charge in [0.05, 0.1) is 0 Å². The Morgan fingerprint density at radius 1 is 1.50 bits per heavy atom. The van der Waals surface area contributed by atoms with Crippen molar-refractivity contribution in [3.8, 4) is 11.4 Å². The minimum atomic E-state index is -0.514. The summed E-state index contributed by atoms with van der Waals surface area (Å²) in [5, 5.41) is 0.141. The number of aromatic nitrogens is 2. The molecule has 5 nitrogen and oxygen atoms in total. The summed E-state index contributed by atoms with van der Waals surface area (Å²) in [5.41, 5.74) is 2.47. The molecule has 7 heteroatoms. The van der Waals surface area contributed by atoms with Crippen molar-refractivity contribution in [3.05, 3.63) is 35.1 Å². The average molecular weight is 238 g/mol. The second kappa shape index (κ2) is 4.33. The molecule has 0 saturated heterocycles. The van der Waals surface area contributed by atoms with Crippen LogP contribution in [0.5, 0.6) is 0 Å². The summed E-state index contributed by atoms with van der Waals surface area (Å²) in [6, 6.07) is 5.83. The lowest BCUT2D eigenvalue weighted by atomic mass is 10.2. The van der Waals surface area contributed by atoms with E-state index in [2.05, 4.69) is 9.36 Å². The smallest absolute Gasteiger partial charge is 0.288 e. The van der Waals surface area contributed by atoms with Crippen LogP contribution in [-0.2, 0) is 0 Å². The van der Waals surface area contributed by atoms with Crippen LogP contribution in [0.2, 0.25) is 0 Å². The highest BCUT2D eigenvalue weighted by atomic mass is 32.1. The highest BCUT2D eigenvalue weighted by molar-refractivity contribution is 7.07. The fourth-order valence-electron chi connectivity index (χ4n) is 1.12. The van der Waals surface area contributed by atoms with Crippen molar-refractivity contribution in [2.24, 2.45) is 5.84 Å². The highest BCUT2D eigenvalue weighted by Gasteiger charge is 2.12. The van der Waals surface area contributed by atoms with Crippen molar-refractivity contribution in [1.29, 1.82) is 0 Å². The van der Waals surface area contributed by atoms with Crippen LogP contribution >= 0.6 is 11.5 Å². The lowest BCUT2D eigenvalue weighted by Crippen LogP contribution is -2.29.